The van der Waals surface area contributed by atoms with E-state index >= 15 is 0 Å². The Bertz CT molecular complexity index is 1220. The van der Waals surface area contributed by atoms with Crippen LogP contribution in [0.25, 0.3) is 22.6 Å². The van der Waals surface area contributed by atoms with Crippen LogP contribution in [0.15, 0.2) is 65.9 Å². The Morgan fingerprint density at radius 1 is 1.19 bits per heavy atom. The molecule has 0 bridgehead atoms. The van der Waals surface area contributed by atoms with Gasteiger partial charge in [0.25, 0.3) is 0 Å². The molecule has 9 nitrogen and oxygen atoms in total. The number of benzene rings is 1. The lowest BCUT2D eigenvalue weighted by Crippen LogP contribution is -2.51. The fraction of sp³-hybridized carbons (Fsp3) is 0.227. The molecule has 0 spiro atoms. The number of hydrogen-bond donors (Lipinski definition) is 2. The SMILES string of the molecule is N#CC1CC(CN)(n2cc(-c3ccnc(Nc4ccc(-c5cnco5)cc4)n3)cn2)C1. The minimum absolute atomic E-state index is 0.0430. The van der Waals surface area contributed by atoms with Gasteiger partial charge < -0.3 is 15.5 Å². The van der Waals surface area contributed by atoms with Gasteiger partial charge >= 0.3 is 0 Å². The summed E-state index contributed by atoms with van der Waals surface area (Å²) in [6.45, 7) is 0.451. The Hall–Kier alpha value is -4.03. The Morgan fingerprint density at radius 2 is 2.03 bits per heavy atom. The van der Waals surface area contributed by atoms with Crippen LogP contribution in [0.1, 0.15) is 12.8 Å². The van der Waals surface area contributed by atoms with Crippen molar-refractivity contribution in [3.63, 3.8) is 0 Å². The summed E-state index contributed by atoms with van der Waals surface area (Å²) < 4.78 is 7.20. The van der Waals surface area contributed by atoms with E-state index in [4.69, 9.17) is 15.4 Å². The second kappa shape index (κ2) is 7.66. The van der Waals surface area contributed by atoms with Gasteiger partial charge in [0.1, 0.15) is 0 Å². The summed E-state index contributed by atoms with van der Waals surface area (Å²) in [6.07, 6.45) is 9.95. The molecule has 1 aliphatic rings. The lowest BCUT2D eigenvalue weighted by molar-refractivity contribution is 0.0926. The first-order valence-corrected chi connectivity index (χ1v) is 9.93. The van der Waals surface area contributed by atoms with Crippen molar-refractivity contribution in [3.8, 4) is 28.7 Å². The third-order valence-corrected chi connectivity index (χ3v) is 5.69. The molecular weight excluding hydrogens is 392 g/mol. The number of rotatable bonds is 6. The van der Waals surface area contributed by atoms with Crippen molar-refractivity contribution in [1.29, 1.82) is 5.26 Å². The number of anilines is 2. The van der Waals surface area contributed by atoms with Crippen molar-refractivity contribution < 1.29 is 4.42 Å². The van der Waals surface area contributed by atoms with Gasteiger partial charge in [-0.15, -0.1) is 0 Å². The molecule has 3 aromatic heterocycles. The lowest BCUT2D eigenvalue weighted by Gasteiger charge is -2.44. The largest absolute Gasteiger partial charge is 0.444 e. The van der Waals surface area contributed by atoms with E-state index in [1.165, 1.54) is 6.39 Å². The summed E-state index contributed by atoms with van der Waals surface area (Å²) in [5.41, 5.74) is 9.15. The van der Waals surface area contributed by atoms with Crippen LogP contribution in [0.2, 0.25) is 0 Å². The van der Waals surface area contributed by atoms with Crippen molar-refractivity contribution in [2.45, 2.75) is 18.4 Å². The van der Waals surface area contributed by atoms with E-state index < -0.39 is 0 Å². The van der Waals surface area contributed by atoms with E-state index in [2.05, 4.69) is 31.4 Å². The molecule has 1 saturated carbocycles. The smallest absolute Gasteiger partial charge is 0.227 e. The van der Waals surface area contributed by atoms with E-state index in [1.54, 1.807) is 18.6 Å². The molecule has 0 unspecified atom stereocenters. The monoisotopic (exact) mass is 412 g/mol. The highest BCUT2D eigenvalue weighted by molar-refractivity contribution is 5.64. The molecule has 3 N–H and O–H groups in total. The van der Waals surface area contributed by atoms with Gasteiger partial charge in [-0.05, 0) is 43.2 Å². The molecule has 31 heavy (non-hydrogen) atoms. The fourth-order valence-corrected chi connectivity index (χ4v) is 3.90. The van der Waals surface area contributed by atoms with Crippen LogP contribution >= 0.6 is 0 Å². The van der Waals surface area contributed by atoms with Crippen LogP contribution in [0.3, 0.4) is 0 Å². The molecule has 1 aromatic carbocycles. The maximum Gasteiger partial charge on any atom is 0.227 e. The van der Waals surface area contributed by atoms with Crippen LogP contribution < -0.4 is 11.1 Å². The third-order valence-electron chi connectivity index (χ3n) is 5.69. The van der Waals surface area contributed by atoms with Crippen molar-refractivity contribution in [2.75, 3.05) is 11.9 Å². The van der Waals surface area contributed by atoms with Crippen molar-refractivity contribution >= 4 is 11.6 Å². The number of aromatic nitrogens is 5. The van der Waals surface area contributed by atoms with Crippen LogP contribution in [0, 0.1) is 17.2 Å². The summed E-state index contributed by atoms with van der Waals surface area (Å²) in [5.74, 6) is 1.24. The van der Waals surface area contributed by atoms with Gasteiger partial charge in [-0.2, -0.15) is 10.4 Å². The maximum absolute atomic E-state index is 9.11. The zero-order valence-electron chi connectivity index (χ0n) is 16.6. The van der Waals surface area contributed by atoms with Gasteiger partial charge in [0.2, 0.25) is 5.95 Å². The Kier molecular flexibility index (Phi) is 4.69. The topological polar surface area (TPSA) is 131 Å². The predicted octanol–water partition coefficient (Wildman–Crippen LogP) is 3.33. The van der Waals surface area contributed by atoms with Crippen molar-refractivity contribution in [3.05, 3.63) is 61.5 Å². The second-order valence-electron chi connectivity index (χ2n) is 7.67. The minimum atomic E-state index is -0.280. The Balaban J connectivity index is 1.33. The van der Waals surface area contributed by atoms with Crippen LogP contribution in [-0.2, 0) is 5.54 Å². The van der Waals surface area contributed by atoms with Gasteiger partial charge in [-0.1, -0.05) is 0 Å². The summed E-state index contributed by atoms with van der Waals surface area (Å²) in [6, 6.07) is 11.9. The average molecular weight is 412 g/mol. The molecule has 9 heteroatoms. The van der Waals surface area contributed by atoms with Gasteiger partial charge in [0, 0.05) is 35.8 Å². The lowest BCUT2D eigenvalue weighted by atomic mass is 9.69. The highest BCUT2D eigenvalue weighted by Crippen LogP contribution is 2.43. The minimum Gasteiger partial charge on any atom is -0.444 e. The summed E-state index contributed by atoms with van der Waals surface area (Å²) in [5, 5.41) is 16.8. The van der Waals surface area contributed by atoms with Crippen molar-refractivity contribution in [2.24, 2.45) is 11.7 Å². The predicted molar refractivity (Wildman–Crippen MR) is 114 cm³/mol. The van der Waals surface area contributed by atoms with E-state index in [-0.39, 0.29) is 11.5 Å². The van der Waals surface area contributed by atoms with Gasteiger partial charge in [-0.3, -0.25) is 4.68 Å². The number of nitrogens with zero attached hydrogens (tertiary/aromatic N) is 6. The standard InChI is InChI=1S/C22H20N8O/c23-9-15-7-22(8-15,13-24)30-12-17(10-27-30)19-5-6-26-21(29-19)28-18-3-1-16(2-4-18)20-11-25-14-31-20/h1-6,10-12,14-15H,7-8,13,24H2,(H,26,28,29). The zero-order valence-corrected chi connectivity index (χ0v) is 16.6. The molecule has 1 fully saturated rings. The molecule has 5 rings (SSSR count). The number of nitrogens with two attached hydrogens (primary N) is 1. The maximum atomic E-state index is 9.11. The number of nitrogens with one attached hydrogen (secondary N) is 1. The van der Waals surface area contributed by atoms with Crippen LogP contribution in [0.5, 0.6) is 0 Å². The first-order chi connectivity index (χ1) is 15.2. The average Bonchev–Trinajstić information content (AvgIpc) is 3.48. The second-order valence-corrected chi connectivity index (χ2v) is 7.67. The molecule has 1 aliphatic carbocycles. The van der Waals surface area contributed by atoms with Gasteiger partial charge in [-0.25, -0.2) is 15.0 Å². The first-order valence-electron chi connectivity index (χ1n) is 9.93. The molecular formula is C22H20N8O. The number of nitriles is 1. The molecule has 3 heterocycles. The Morgan fingerprint density at radius 3 is 2.74 bits per heavy atom. The first kappa shape index (κ1) is 19.0. The normalized spacial score (nSPS) is 20.1. The molecule has 0 aliphatic heterocycles. The number of oxazole rings is 1. The van der Waals surface area contributed by atoms with Crippen LogP contribution in [0.4, 0.5) is 11.6 Å². The zero-order chi connectivity index (χ0) is 21.3. The van der Waals surface area contributed by atoms with Crippen LogP contribution in [-0.4, -0.2) is 31.3 Å². The quantitative estimate of drug-likeness (QED) is 0.493. The summed E-state index contributed by atoms with van der Waals surface area (Å²) in [4.78, 5) is 12.9. The highest BCUT2D eigenvalue weighted by Gasteiger charge is 2.45. The fourth-order valence-electron chi connectivity index (χ4n) is 3.90. The molecule has 4 aromatic rings. The summed E-state index contributed by atoms with van der Waals surface area (Å²) >= 11 is 0. The highest BCUT2D eigenvalue weighted by atomic mass is 16.3. The van der Waals surface area contributed by atoms with Crippen molar-refractivity contribution in [1.82, 2.24) is 24.7 Å². The summed E-state index contributed by atoms with van der Waals surface area (Å²) in [7, 11) is 0. The van der Waals surface area contributed by atoms with Gasteiger partial charge in [0.15, 0.2) is 12.2 Å². The van der Waals surface area contributed by atoms with E-state index in [9.17, 15) is 0 Å². The molecule has 0 atom stereocenters. The van der Waals surface area contributed by atoms with E-state index in [0.717, 1.165) is 35.3 Å². The molecule has 0 saturated heterocycles. The number of hydrogen-bond acceptors (Lipinski definition) is 8. The Labute approximate surface area is 178 Å². The van der Waals surface area contributed by atoms with E-state index in [1.807, 2.05) is 41.2 Å². The molecule has 0 amide bonds. The third kappa shape index (κ3) is 3.53. The molecule has 154 valence electrons. The van der Waals surface area contributed by atoms with Gasteiger partial charge in [0.05, 0.1) is 35.6 Å². The van der Waals surface area contributed by atoms with E-state index in [0.29, 0.717) is 18.3 Å². The molecule has 0 radical (unpaired) electrons.